The Morgan fingerprint density at radius 3 is 2.65 bits per heavy atom. The molecule has 1 heterocycles. The molecule has 0 amide bonds. The highest BCUT2D eigenvalue weighted by atomic mass is 16.5. The Morgan fingerprint density at radius 1 is 1.41 bits per heavy atom. The van der Waals surface area contributed by atoms with Crippen LogP contribution in [-0.4, -0.2) is 24.8 Å². The Balaban J connectivity index is 2.18. The van der Waals surface area contributed by atoms with Crippen molar-refractivity contribution in [3.05, 3.63) is 0 Å². The predicted octanol–water partition coefficient (Wildman–Crippen LogP) is 3.31. The van der Waals surface area contributed by atoms with Crippen LogP contribution in [0.15, 0.2) is 0 Å². The van der Waals surface area contributed by atoms with Crippen LogP contribution >= 0.6 is 0 Å². The second kappa shape index (κ2) is 7.70. The van der Waals surface area contributed by atoms with E-state index in [4.69, 9.17) is 9.47 Å². The SMILES string of the molecule is CCC(CC)C(=O)O[C@@H](C)CC[C@@H]1CCCO1. The van der Waals surface area contributed by atoms with Gasteiger partial charge in [0.1, 0.15) is 0 Å². The fraction of sp³-hybridized carbons (Fsp3) is 0.929. The Labute approximate surface area is 105 Å². The normalized spacial score (nSPS) is 21.8. The second-order valence-corrected chi connectivity index (χ2v) is 4.97. The van der Waals surface area contributed by atoms with Crippen LogP contribution in [0.4, 0.5) is 0 Å². The molecular weight excluding hydrogens is 216 g/mol. The van der Waals surface area contributed by atoms with Gasteiger partial charge in [0.05, 0.1) is 18.1 Å². The van der Waals surface area contributed by atoms with Gasteiger partial charge in [0.15, 0.2) is 0 Å². The zero-order valence-corrected chi connectivity index (χ0v) is 11.4. The lowest BCUT2D eigenvalue weighted by Crippen LogP contribution is -2.23. The van der Waals surface area contributed by atoms with Crippen molar-refractivity contribution in [2.45, 2.75) is 71.5 Å². The average molecular weight is 242 g/mol. The summed E-state index contributed by atoms with van der Waals surface area (Å²) in [7, 11) is 0. The summed E-state index contributed by atoms with van der Waals surface area (Å²) in [6, 6.07) is 0. The molecule has 17 heavy (non-hydrogen) atoms. The van der Waals surface area contributed by atoms with Gasteiger partial charge in [0.2, 0.25) is 0 Å². The van der Waals surface area contributed by atoms with Gasteiger partial charge in [0, 0.05) is 6.61 Å². The van der Waals surface area contributed by atoms with Crippen molar-refractivity contribution >= 4 is 5.97 Å². The highest BCUT2D eigenvalue weighted by Crippen LogP contribution is 2.19. The molecule has 0 aromatic rings. The van der Waals surface area contributed by atoms with Crippen LogP contribution in [-0.2, 0) is 14.3 Å². The predicted molar refractivity (Wildman–Crippen MR) is 67.8 cm³/mol. The van der Waals surface area contributed by atoms with Gasteiger partial charge in [-0.3, -0.25) is 4.79 Å². The monoisotopic (exact) mass is 242 g/mol. The molecule has 3 nitrogen and oxygen atoms in total. The topological polar surface area (TPSA) is 35.5 Å². The maximum absolute atomic E-state index is 11.8. The van der Waals surface area contributed by atoms with Crippen LogP contribution in [0.2, 0.25) is 0 Å². The van der Waals surface area contributed by atoms with E-state index in [2.05, 4.69) is 0 Å². The van der Waals surface area contributed by atoms with E-state index >= 15 is 0 Å². The molecule has 0 aliphatic carbocycles. The van der Waals surface area contributed by atoms with Crippen LogP contribution in [0.1, 0.15) is 59.3 Å². The Morgan fingerprint density at radius 2 is 2.12 bits per heavy atom. The largest absolute Gasteiger partial charge is 0.462 e. The third kappa shape index (κ3) is 5.07. The summed E-state index contributed by atoms with van der Waals surface area (Å²) in [6.45, 7) is 6.95. The Kier molecular flexibility index (Phi) is 6.56. The van der Waals surface area contributed by atoms with Crippen molar-refractivity contribution in [2.24, 2.45) is 5.92 Å². The molecule has 1 aliphatic heterocycles. The fourth-order valence-electron chi connectivity index (χ4n) is 2.27. The van der Waals surface area contributed by atoms with Crippen molar-refractivity contribution in [2.75, 3.05) is 6.61 Å². The summed E-state index contributed by atoms with van der Waals surface area (Å²) in [5.74, 6) is 0.0371. The molecule has 0 aromatic carbocycles. The zero-order chi connectivity index (χ0) is 12.7. The van der Waals surface area contributed by atoms with E-state index in [-0.39, 0.29) is 18.0 Å². The van der Waals surface area contributed by atoms with E-state index in [9.17, 15) is 4.79 Å². The van der Waals surface area contributed by atoms with E-state index in [1.54, 1.807) is 0 Å². The van der Waals surface area contributed by atoms with E-state index < -0.39 is 0 Å². The lowest BCUT2D eigenvalue weighted by Gasteiger charge is -2.18. The number of carbonyl (C=O) groups is 1. The van der Waals surface area contributed by atoms with E-state index in [1.807, 2.05) is 20.8 Å². The van der Waals surface area contributed by atoms with Crippen molar-refractivity contribution in [3.8, 4) is 0 Å². The van der Waals surface area contributed by atoms with Crippen LogP contribution in [0, 0.1) is 5.92 Å². The molecule has 0 saturated carbocycles. The molecule has 1 fully saturated rings. The van der Waals surface area contributed by atoms with Gasteiger partial charge in [-0.1, -0.05) is 13.8 Å². The zero-order valence-electron chi connectivity index (χ0n) is 11.4. The second-order valence-electron chi connectivity index (χ2n) is 4.97. The summed E-state index contributed by atoms with van der Waals surface area (Å²) < 4.78 is 11.0. The quantitative estimate of drug-likeness (QED) is 0.642. The van der Waals surface area contributed by atoms with Crippen molar-refractivity contribution in [3.63, 3.8) is 0 Å². The molecule has 1 aliphatic rings. The minimum absolute atomic E-state index is 0.0206. The summed E-state index contributed by atoms with van der Waals surface area (Å²) >= 11 is 0. The molecule has 1 saturated heterocycles. The summed E-state index contributed by atoms with van der Waals surface area (Å²) in [5, 5.41) is 0. The third-order valence-corrected chi connectivity index (χ3v) is 3.56. The number of hydrogen-bond acceptors (Lipinski definition) is 3. The first-order valence-corrected chi connectivity index (χ1v) is 6.99. The number of carbonyl (C=O) groups excluding carboxylic acids is 1. The minimum Gasteiger partial charge on any atom is -0.462 e. The van der Waals surface area contributed by atoms with Crippen molar-refractivity contribution < 1.29 is 14.3 Å². The van der Waals surface area contributed by atoms with E-state index in [0.717, 1.165) is 38.7 Å². The van der Waals surface area contributed by atoms with Gasteiger partial charge in [-0.15, -0.1) is 0 Å². The first-order chi connectivity index (χ1) is 8.17. The van der Waals surface area contributed by atoms with Crippen LogP contribution in [0.3, 0.4) is 0 Å². The molecule has 100 valence electrons. The maximum Gasteiger partial charge on any atom is 0.309 e. The van der Waals surface area contributed by atoms with Crippen LogP contribution < -0.4 is 0 Å². The van der Waals surface area contributed by atoms with Gasteiger partial charge in [-0.2, -0.15) is 0 Å². The molecule has 0 unspecified atom stereocenters. The number of rotatable bonds is 7. The summed E-state index contributed by atoms with van der Waals surface area (Å²) in [6.07, 6.45) is 6.41. The number of esters is 1. The van der Waals surface area contributed by atoms with Gasteiger partial charge < -0.3 is 9.47 Å². The standard InChI is InChI=1S/C14H26O3/c1-4-12(5-2)14(15)17-11(3)8-9-13-7-6-10-16-13/h11-13H,4-10H2,1-3H3/t11-,13-/m0/s1. The molecule has 0 aromatic heterocycles. The molecule has 0 N–H and O–H groups in total. The fourth-order valence-corrected chi connectivity index (χ4v) is 2.27. The van der Waals surface area contributed by atoms with E-state index in [1.165, 1.54) is 6.42 Å². The first kappa shape index (κ1) is 14.5. The van der Waals surface area contributed by atoms with Crippen molar-refractivity contribution in [1.29, 1.82) is 0 Å². The van der Waals surface area contributed by atoms with Gasteiger partial charge >= 0.3 is 5.97 Å². The Hall–Kier alpha value is -0.570. The van der Waals surface area contributed by atoms with Crippen LogP contribution in [0.25, 0.3) is 0 Å². The van der Waals surface area contributed by atoms with Gasteiger partial charge in [-0.05, 0) is 45.4 Å². The number of ether oxygens (including phenoxy) is 2. The highest BCUT2D eigenvalue weighted by molar-refractivity contribution is 5.72. The molecule has 3 heteroatoms. The molecule has 1 rings (SSSR count). The highest BCUT2D eigenvalue weighted by Gasteiger charge is 2.20. The molecule has 0 radical (unpaired) electrons. The van der Waals surface area contributed by atoms with E-state index in [0.29, 0.717) is 6.10 Å². The van der Waals surface area contributed by atoms with Gasteiger partial charge in [0.25, 0.3) is 0 Å². The summed E-state index contributed by atoms with van der Waals surface area (Å²) in [4.78, 5) is 11.8. The molecular formula is C14H26O3. The smallest absolute Gasteiger partial charge is 0.309 e. The first-order valence-electron chi connectivity index (χ1n) is 6.99. The maximum atomic E-state index is 11.8. The lowest BCUT2D eigenvalue weighted by atomic mass is 10.0. The molecule has 2 atom stereocenters. The minimum atomic E-state index is -0.0326. The average Bonchev–Trinajstić information content (AvgIpc) is 2.81. The third-order valence-electron chi connectivity index (χ3n) is 3.56. The molecule has 0 spiro atoms. The summed E-state index contributed by atoms with van der Waals surface area (Å²) in [5.41, 5.74) is 0. The van der Waals surface area contributed by atoms with Gasteiger partial charge in [-0.25, -0.2) is 0 Å². The number of hydrogen-bond donors (Lipinski definition) is 0. The molecule has 0 bridgehead atoms. The van der Waals surface area contributed by atoms with Crippen molar-refractivity contribution in [1.82, 2.24) is 0 Å². The van der Waals surface area contributed by atoms with Crippen LogP contribution in [0.5, 0.6) is 0 Å². The Bertz CT molecular complexity index is 218. The lowest BCUT2D eigenvalue weighted by molar-refractivity contribution is -0.154.